The zero-order valence-electron chi connectivity index (χ0n) is 11.0. The van der Waals surface area contributed by atoms with Crippen molar-refractivity contribution in [3.05, 3.63) is 0 Å². The molecule has 2 unspecified atom stereocenters. The molecule has 0 bridgehead atoms. The van der Waals surface area contributed by atoms with E-state index in [9.17, 15) is 8.42 Å². The molecule has 7 heteroatoms. The van der Waals surface area contributed by atoms with Gasteiger partial charge in [-0.1, -0.05) is 0 Å². The highest BCUT2D eigenvalue weighted by atomic mass is 32.2. The maximum atomic E-state index is 12.3. The van der Waals surface area contributed by atoms with E-state index in [1.165, 1.54) is 8.61 Å². The molecule has 0 aromatic heterocycles. The van der Waals surface area contributed by atoms with Gasteiger partial charge in [0.15, 0.2) is 0 Å². The predicted molar refractivity (Wildman–Crippen MR) is 67.1 cm³/mol. The second kappa shape index (κ2) is 6.10. The Hall–Kier alpha value is -0.210. The minimum Gasteiger partial charge on any atom is -0.373 e. The van der Waals surface area contributed by atoms with Crippen molar-refractivity contribution in [3.63, 3.8) is 0 Å². The fourth-order valence-corrected chi connectivity index (χ4v) is 3.41. The van der Waals surface area contributed by atoms with Crippen LogP contribution < -0.4 is 5.32 Å². The summed E-state index contributed by atoms with van der Waals surface area (Å²) in [7, 11) is 0.0601. The lowest BCUT2D eigenvalue weighted by molar-refractivity contribution is -0.0452. The van der Waals surface area contributed by atoms with E-state index < -0.39 is 10.2 Å². The zero-order chi connectivity index (χ0) is 13.1. The molecule has 102 valence electrons. The summed E-state index contributed by atoms with van der Waals surface area (Å²) in [6.45, 7) is 5.76. The Balaban J connectivity index is 2.68. The molecule has 0 aliphatic carbocycles. The third-order valence-corrected chi connectivity index (χ3v) is 4.70. The van der Waals surface area contributed by atoms with Gasteiger partial charge in [-0.2, -0.15) is 17.0 Å². The lowest BCUT2D eigenvalue weighted by Crippen LogP contribution is -2.52. The van der Waals surface area contributed by atoms with Gasteiger partial charge in [-0.05, 0) is 20.9 Å². The molecule has 1 aliphatic heterocycles. The molecule has 17 heavy (non-hydrogen) atoms. The van der Waals surface area contributed by atoms with Gasteiger partial charge >= 0.3 is 0 Å². The van der Waals surface area contributed by atoms with E-state index in [0.29, 0.717) is 26.2 Å². The van der Waals surface area contributed by atoms with Gasteiger partial charge in [0, 0.05) is 33.2 Å². The maximum Gasteiger partial charge on any atom is 0.281 e. The highest BCUT2D eigenvalue weighted by Gasteiger charge is 2.33. The van der Waals surface area contributed by atoms with Crippen molar-refractivity contribution in [2.24, 2.45) is 0 Å². The molecule has 2 atom stereocenters. The lowest BCUT2D eigenvalue weighted by atomic mass is 10.3. The average molecular weight is 265 g/mol. The van der Waals surface area contributed by atoms with Gasteiger partial charge in [0.05, 0.1) is 12.2 Å². The number of ether oxygens (including phenoxy) is 1. The molecule has 0 spiro atoms. The maximum absolute atomic E-state index is 12.3. The molecule has 1 rings (SSSR count). The minimum absolute atomic E-state index is 0.0498. The molecule has 1 N–H and O–H groups in total. The fraction of sp³-hybridized carbons (Fsp3) is 1.00. The minimum atomic E-state index is -3.35. The van der Waals surface area contributed by atoms with Crippen LogP contribution in [0.1, 0.15) is 13.8 Å². The molecular weight excluding hydrogens is 242 g/mol. The third kappa shape index (κ3) is 3.89. The topological polar surface area (TPSA) is 61.9 Å². The van der Waals surface area contributed by atoms with Crippen LogP contribution in [0.5, 0.6) is 0 Å². The SMILES string of the molecule is CNCCN(C)S(=O)(=O)N1CC(C)OC(C)C1. The quantitative estimate of drug-likeness (QED) is 0.727. The molecule has 6 nitrogen and oxygen atoms in total. The van der Waals surface area contributed by atoms with Gasteiger partial charge in [0.1, 0.15) is 0 Å². The fourth-order valence-electron chi connectivity index (χ4n) is 1.90. The van der Waals surface area contributed by atoms with Crippen LogP contribution in [0.25, 0.3) is 0 Å². The second-order valence-electron chi connectivity index (χ2n) is 4.51. The Morgan fingerprint density at radius 1 is 1.35 bits per heavy atom. The first-order valence-electron chi connectivity index (χ1n) is 5.89. The van der Waals surface area contributed by atoms with Crippen molar-refractivity contribution in [1.82, 2.24) is 13.9 Å². The lowest BCUT2D eigenvalue weighted by Gasteiger charge is -2.36. The molecule has 0 aromatic carbocycles. The van der Waals surface area contributed by atoms with Gasteiger partial charge in [0.25, 0.3) is 10.2 Å². The summed E-state index contributed by atoms with van der Waals surface area (Å²) in [6, 6.07) is 0. The first-order chi connectivity index (χ1) is 7.87. The molecule has 1 fully saturated rings. The summed E-state index contributed by atoms with van der Waals surface area (Å²) in [6.07, 6.45) is -0.0996. The van der Waals surface area contributed by atoms with E-state index >= 15 is 0 Å². The Kier molecular flexibility index (Phi) is 5.33. The molecule has 0 radical (unpaired) electrons. The molecule has 0 saturated carbocycles. The summed E-state index contributed by atoms with van der Waals surface area (Å²) in [5.74, 6) is 0. The van der Waals surface area contributed by atoms with E-state index in [1.807, 2.05) is 13.8 Å². The van der Waals surface area contributed by atoms with E-state index in [2.05, 4.69) is 5.32 Å². The smallest absolute Gasteiger partial charge is 0.281 e. The van der Waals surface area contributed by atoms with Crippen molar-refractivity contribution in [3.8, 4) is 0 Å². The van der Waals surface area contributed by atoms with Gasteiger partial charge in [0.2, 0.25) is 0 Å². The molecule has 1 heterocycles. The molecular formula is C10H23N3O3S. The monoisotopic (exact) mass is 265 g/mol. The number of rotatable bonds is 5. The number of nitrogens with zero attached hydrogens (tertiary/aromatic N) is 2. The highest BCUT2D eigenvalue weighted by Crippen LogP contribution is 2.16. The van der Waals surface area contributed by atoms with Crippen LogP contribution in [-0.2, 0) is 14.9 Å². The van der Waals surface area contributed by atoms with Crippen LogP contribution in [0.2, 0.25) is 0 Å². The van der Waals surface area contributed by atoms with Crippen LogP contribution >= 0.6 is 0 Å². The van der Waals surface area contributed by atoms with E-state index in [1.54, 1.807) is 14.1 Å². The van der Waals surface area contributed by atoms with Gasteiger partial charge in [-0.15, -0.1) is 0 Å². The van der Waals surface area contributed by atoms with Crippen molar-refractivity contribution in [1.29, 1.82) is 0 Å². The van der Waals surface area contributed by atoms with Crippen molar-refractivity contribution in [2.45, 2.75) is 26.1 Å². The van der Waals surface area contributed by atoms with Gasteiger partial charge in [-0.25, -0.2) is 0 Å². The first-order valence-corrected chi connectivity index (χ1v) is 7.29. The number of likely N-dealkylation sites (N-methyl/N-ethyl adjacent to an activating group) is 2. The van der Waals surface area contributed by atoms with Crippen LogP contribution in [-0.4, -0.2) is 69.5 Å². The molecule has 0 amide bonds. The summed E-state index contributed by atoms with van der Waals surface area (Å²) >= 11 is 0. The summed E-state index contributed by atoms with van der Waals surface area (Å²) in [5.41, 5.74) is 0. The highest BCUT2D eigenvalue weighted by molar-refractivity contribution is 7.86. The van der Waals surface area contributed by atoms with E-state index in [4.69, 9.17) is 4.74 Å². The largest absolute Gasteiger partial charge is 0.373 e. The predicted octanol–water partition coefficient (Wildman–Crippen LogP) is -0.508. The summed E-state index contributed by atoms with van der Waals surface area (Å²) in [4.78, 5) is 0. The second-order valence-corrected chi connectivity index (χ2v) is 6.54. The molecule has 1 saturated heterocycles. The third-order valence-electron chi connectivity index (χ3n) is 2.78. The number of nitrogens with one attached hydrogen (secondary N) is 1. The van der Waals surface area contributed by atoms with Crippen molar-refractivity contribution >= 4 is 10.2 Å². The number of morpholine rings is 1. The van der Waals surface area contributed by atoms with E-state index in [0.717, 1.165) is 0 Å². The van der Waals surface area contributed by atoms with E-state index in [-0.39, 0.29) is 12.2 Å². The molecule has 0 aromatic rings. The van der Waals surface area contributed by atoms with Gasteiger partial charge < -0.3 is 10.1 Å². The van der Waals surface area contributed by atoms with Crippen molar-refractivity contribution in [2.75, 3.05) is 40.3 Å². The van der Waals surface area contributed by atoms with Crippen LogP contribution in [0.15, 0.2) is 0 Å². The average Bonchev–Trinajstić information content (AvgIpc) is 2.24. The Morgan fingerprint density at radius 2 is 1.88 bits per heavy atom. The Bertz CT molecular complexity index is 324. The summed E-state index contributed by atoms with van der Waals surface area (Å²) < 4.78 is 32.9. The zero-order valence-corrected chi connectivity index (χ0v) is 11.8. The normalized spacial score (nSPS) is 27.6. The van der Waals surface area contributed by atoms with Crippen molar-refractivity contribution < 1.29 is 13.2 Å². The Labute approximate surface area is 104 Å². The Morgan fingerprint density at radius 3 is 2.35 bits per heavy atom. The first kappa shape index (κ1) is 14.8. The number of hydrogen-bond donors (Lipinski definition) is 1. The van der Waals surface area contributed by atoms with Crippen LogP contribution in [0, 0.1) is 0 Å². The standard InChI is InChI=1S/C10H23N3O3S/c1-9-7-13(8-10(2)16-9)17(14,15)12(4)6-5-11-3/h9-11H,5-8H2,1-4H3. The summed E-state index contributed by atoms with van der Waals surface area (Å²) in [5, 5.41) is 2.94. The van der Waals surface area contributed by atoms with Crippen LogP contribution in [0.3, 0.4) is 0 Å². The number of hydrogen-bond acceptors (Lipinski definition) is 4. The van der Waals surface area contributed by atoms with Crippen LogP contribution in [0.4, 0.5) is 0 Å². The molecule has 1 aliphatic rings. The van der Waals surface area contributed by atoms with Gasteiger partial charge in [-0.3, -0.25) is 0 Å².